The number of rotatable bonds is 3. The highest BCUT2D eigenvalue weighted by atomic mass is 32.1. The smallest absolute Gasteiger partial charge is 0.170 e. The molecule has 98 valence electrons. The SMILES string of the molecule is Cc1ccc(NC(=S)NC[C@@H]2CCCO2)cc1F. The largest absolute Gasteiger partial charge is 0.376 e. The first-order valence-corrected chi connectivity index (χ1v) is 6.48. The maximum Gasteiger partial charge on any atom is 0.170 e. The molecule has 0 aromatic heterocycles. The molecule has 1 saturated heterocycles. The van der Waals surface area contributed by atoms with Crippen LogP contribution in [0.2, 0.25) is 0 Å². The van der Waals surface area contributed by atoms with E-state index in [4.69, 9.17) is 17.0 Å². The van der Waals surface area contributed by atoms with Gasteiger partial charge in [-0.25, -0.2) is 4.39 Å². The molecule has 1 aromatic carbocycles. The van der Waals surface area contributed by atoms with Gasteiger partial charge in [0.15, 0.2) is 5.11 Å². The zero-order chi connectivity index (χ0) is 13.0. The topological polar surface area (TPSA) is 33.3 Å². The summed E-state index contributed by atoms with van der Waals surface area (Å²) in [4.78, 5) is 0. The lowest BCUT2D eigenvalue weighted by molar-refractivity contribution is 0.114. The minimum atomic E-state index is -0.234. The minimum Gasteiger partial charge on any atom is -0.376 e. The molecule has 3 nitrogen and oxygen atoms in total. The molecular formula is C13H17FN2OS. The second-order valence-electron chi connectivity index (χ2n) is 4.43. The normalized spacial score (nSPS) is 18.7. The number of hydrogen-bond acceptors (Lipinski definition) is 2. The van der Waals surface area contributed by atoms with E-state index in [0.29, 0.717) is 22.9 Å². The predicted molar refractivity (Wildman–Crippen MR) is 74.3 cm³/mol. The fourth-order valence-electron chi connectivity index (χ4n) is 1.86. The first kappa shape index (κ1) is 13.2. The van der Waals surface area contributed by atoms with E-state index >= 15 is 0 Å². The molecule has 0 aliphatic carbocycles. The van der Waals surface area contributed by atoms with Crippen LogP contribution < -0.4 is 10.6 Å². The van der Waals surface area contributed by atoms with Gasteiger partial charge < -0.3 is 15.4 Å². The van der Waals surface area contributed by atoms with Crippen molar-refractivity contribution in [2.45, 2.75) is 25.9 Å². The van der Waals surface area contributed by atoms with Crippen LogP contribution in [0.4, 0.5) is 10.1 Å². The predicted octanol–water partition coefficient (Wildman–Crippen LogP) is 2.60. The molecule has 0 bridgehead atoms. The van der Waals surface area contributed by atoms with E-state index in [2.05, 4.69) is 10.6 Å². The van der Waals surface area contributed by atoms with Crippen molar-refractivity contribution in [2.24, 2.45) is 0 Å². The van der Waals surface area contributed by atoms with E-state index in [0.717, 1.165) is 19.4 Å². The van der Waals surface area contributed by atoms with Crippen LogP contribution in [-0.4, -0.2) is 24.4 Å². The Balaban J connectivity index is 1.80. The van der Waals surface area contributed by atoms with Gasteiger partial charge in [-0.3, -0.25) is 0 Å². The van der Waals surface area contributed by atoms with Crippen LogP contribution in [0.1, 0.15) is 18.4 Å². The summed E-state index contributed by atoms with van der Waals surface area (Å²) < 4.78 is 18.8. The molecule has 0 unspecified atom stereocenters. The minimum absolute atomic E-state index is 0.234. The number of benzene rings is 1. The third-order valence-corrected chi connectivity index (χ3v) is 3.19. The Morgan fingerprint density at radius 3 is 3.06 bits per heavy atom. The summed E-state index contributed by atoms with van der Waals surface area (Å²) in [6, 6.07) is 4.97. The van der Waals surface area contributed by atoms with Crippen molar-refractivity contribution in [2.75, 3.05) is 18.5 Å². The lowest BCUT2D eigenvalue weighted by atomic mass is 10.2. The Labute approximate surface area is 112 Å². The summed E-state index contributed by atoms with van der Waals surface area (Å²) in [6.07, 6.45) is 2.41. The van der Waals surface area contributed by atoms with Crippen molar-refractivity contribution in [3.8, 4) is 0 Å². The van der Waals surface area contributed by atoms with Crippen molar-refractivity contribution in [1.82, 2.24) is 5.32 Å². The highest BCUT2D eigenvalue weighted by Crippen LogP contribution is 2.14. The van der Waals surface area contributed by atoms with E-state index in [1.807, 2.05) is 0 Å². The van der Waals surface area contributed by atoms with Gasteiger partial charge in [-0.15, -0.1) is 0 Å². The Bertz CT molecular complexity index is 433. The Morgan fingerprint density at radius 1 is 1.56 bits per heavy atom. The fourth-order valence-corrected chi connectivity index (χ4v) is 2.06. The van der Waals surface area contributed by atoms with Crippen LogP contribution in [0.3, 0.4) is 0 Å². The molecule has 0 radical (unpaired) electrons. The van der Waals surface area contributed by atoms with Gasteiger partial charge in [0.05, 0.1) is 6.10 Å². The summed E-state index contributed by atoms with van der Waals surface area (Å²) >= 11 is 5.15. The molecule has 0 amide bonds. The second kappa shape index (κ2) is 6.11. The third kappa shape index (κ3) is 3.65. The average molecular weight is 268 g/mol. The van der Waals surface area contributed by atoms with Gasteiger partial charge in [0.2, 0.25) is 0 Å². The molecule has 2 N–H and O–H groups in total. The number of nitrogens with one attached hydrogen (secondary N) is 2. The summed E-state index contributed by atoms with van der Waals surface area (Å²) in [7, 11) is 0. The van der Waals surface area contributed by atoms with Gasteiger partial charge in [0.1, 0.15) is 5.82 Å². The summed E-state index contributed by atoms with van der Waals surface area (Å²) in [6.45, 7) is 3.25. The Kier molecular flexibility index (Phi) is 4.49. The maximum atomic E-state index is 13.3. The molecule has 1 aliphatic heterocycles. The number of thiocarbonyl (C=S) groups is 1. The summed E-state index contributed by atoms with van der Waals surface area (Å²) in [5, 5.41) is 6.53. The van der Waals surface area contributed by atoms with E-state index in [9.17, 15) is 4.39 Å². The Morgan fingerprint density at radius 2 is 2.39 bits per heavy atom. The molecular weight excluding hydrogens is 251 g/mol. The second-order valence-corrected chi connectivity index (χ2v) is 4.84. The molecule has 5 heteroatoms. The van der Waals surface area contributed by atoms with Gasteiger partial charge in [0, 0.05) is 18.8 Å². The van der Waals surface area contributed by atoms with Gasteiger partial charge >= 0.3 is 0 Å². The van der Waals surface area contributed by atoms with Crippen molar-refractivity contribution < 1.29 is 9.13 Å². The number of hydrogen-bond donors (Lipinski definition) is 2. The highest BCUT2D eigenvalue weighted by Gasteiger charge is 2.15. The molecule has 18 heavy (non-hydrogen) atoms. The van der Waals surface area contributed by atoms with Crippen molar-refractivity contribution in [3.63, 3.8) is 0 Å². The van der Waals surface area contributed by atoms with Crippen molar-refractivity contribution in [3.05, 3.63) is 29.6 Å². The Hall–Kier alpha value is -1.20. The van der Waals surface area contributed by atoms with Gasteiger partial charge in [-0.1, -0.05) is 6.07 Å². The van der Waals surface area contributed by atoms with E-state index < -0.39 is 0 Å². The van der Waals surface area contributed by atoms with E-state index in [-0.39, 0.29) is 11.9 Å². The van der Waals surface area contributed by atoms with E-state index in [1.54, 1.807) is 19.1 Å². The molecule has 1 heterocycles. The number of anilines is 1. The van der Waals surface area contributed by atoms with Crippen molar-refractivity contribution in [1.29, 1.82) is 0 Å². The quantitative estimate of drug-likeness (QED) is 0.826. The molecule has 1 atom stereocenters. The maximum absolute atomic E-state index is 13.3. The standard InChI is InChI=1S/C13H17FN2OS/c1-9-4-5-10(7-12(9)14)16-13(18)15-8-11-3-2-6-17-11/h4-5,7,11H,2-3,6,8H2,1H3,(H2,15,16,18)/t11-/m0/s1. The molecule has 0 saturated carbocycles. The van der Waals surface area contributed by atoms with Gasteiger partial charge in [0.25, 0.3) is 0 Å². The monoisotopic (exact) mass is 268 g/mol. The van der Waals surface area contributed by atoms with Crippen molar-refractivity contribution >= 4 is 23.0 Å². The highest BCUT2D eigenvalue weighted by molar-refractivity contribution is 7.80. The number of ether oxygens (including phenoxy) is 1. The average Bonchev–Trinajstić information content (AvgIpc) is 2.84. The van der Waals surface area contributed by atoms with Crippen LogP contribution in [0.15, 0.2) is 18.2 Å². The van der Waals surface area contributed by atoms with E-state index in [1.165, 1.54) is 6.07 Å². The fraction of sp³-hybridized carbons (Fsp3) is 0.462. The molecule has 1 aromatic rings. The third-order valence-electron chi connectivity index (χ3n) is 2.94. The van der Waals surface area contributed by atoms with Crippen LogP contribution >= 0.6 is 12.2 Å². The van der Waals surface area contributed by atoms with Gasteiger partial charge in [-0.05, 0) is 49.7 Å². The summed E-state index contributed by atoms with van der Waals surface area (Å²) in [5.41, 5.74) is 1.28. The zero-order valence-corrected chi connectivity index (χ0v) is 11.1. The van der Waals surface area contributed by atoms with Crippen LogP contribution in [0.25, 0.3) is 0 Å². The summed E-state index contributed by atoms with van der Waals surface area (Å²) in [5.74, 6) is -0.234. The molecule has 2 rings (SSSR count). The van der Waals surface area contributed by atoms with Crippen LogP contribution in [-0.2, 0) is 4.74 Å². The van der Waals surface area contributed by atoms with Crippen LogP contribution in [0, 0.1) is 12.7 Å². The van der Waals surface area contributed by atoms with Crippen LogP contribution in [0.5, 0.6) is 0 Å². The first-order valence-electron chi connectivity index (χ1n) is 6.08. The molecule has 1 fully saturated rings. The van der Waals surface area contributed by atoms with Gasteiger partial charge in [-0.2, -0.15) is 0 Å². The first-order chi connectivity index (χ1) is 8.65. The zero-order valence-electron chi connectivity index (χ0n) is 10.3. The molecule has 0 spiro atoms. The lowest BCUT2D eigenvalue weighted by Crippen LogP contribution is -2.34. The number of aryl methyl sites for hydroxylation is 1. The number of halogens is 1. The lowest BCUT2D eigenvalue weighted by Gasteiger charge is -2.14. The molecule has 1 aliphatic rings.